The van der Waals surface area contributed by atoms with E-state index in [1.807, 2.05) is 12.1 Å². The Balaban J connectivity index is 1.63. The van der Waals surface area contributed by atoms with E-state index in [1.54, 1.807) is 36.4 Å². The molecule has 0 radical (unpaired) electrons. The van der Waals surface area contributed by atoms with E-state index in [9.17, 15) is 8.42 Å². The molecule has 0 spiro atoms. The van der Waals surface area contributed by atoms with E-state index in [-0.39, 0.29) is 29.3 Å². The van der Waals surface area contributed by atoms with E-state index in [2.05, 4.69) is 26.1 Å². The van der Waals surface area contributed by atoms with Crippen LogP contribution in [-0.4, -0.2) is 29.0 Å². The van der Waals surface area contributed by atoms with Gasteiger partial charge in [0.2, 0.25) is 21.8 Å². The molecule has 1 aliphatic rings. The molecule has 27 heavy (non-hydrogen) atoms. The number of nitrogens with zero attached hydrogens (tertiary/aromatic N) is 3. The summed E-state index contributed by atoms with van der Waals surface area (Å²) in [4.78, 5) is 0.231. The summed E-state index contributed by atoms with van der Waals surface area (Å²) < 4.78 is 34.0. The van der Waals surface area contributed by atoms with E-state index in [0.717, 1.165) is 12.8 Å². The zero-order valence-corrected chi connectivity index (χ0v) is 17.2. The minimum Gasteiger partial charge on any atom is -0.419 e. The number of aromatic nitrogens is 2. The first-order valence-electron chi connectivity index (χ1n) is 8.30. The molecule has 0 N–H and O–H groups in total. The van der Waals surface area contributed by atoms with E-state index >= 15 is 0 Å². The van der Waals surface area contributed by atoms with Crippen molar-refractivity contribution >= 4 is 37.6 Å². The Morgan fingerprint density at radius 2 is 1.93 bits per heavy atom. The highest BCUT2D eigenvalue weighted by molar-refractivity contribution is 9.10. The third kappa shape index (κ3) is 3.94. The molecular formula is C18H15BrClN3O3S. The second kappa shape index (κ2) is 7.35. The molecule has 3 aromatic rings. The van der Waals surface area contributed by atoms with Gasteiger partial charge in [-0.1, -0.05) is 45.7 Å². The molecule has 4 rings (SSSR count). The number of rotatable bonds is 6. The molecule has 9 heteroatoms. The fourth-order valence-corrected chi connectivity index (χ4v) is 5.18. The van der Waals surface area contributed by atoms with E-state index in [4.69, 9.17) is 16.0 Å². The Morgan fingerprint density at radius 3 is 2.63 bits per heavy atom. The molecule has 1 fully saturated rings. The van der Waals surface area contributed by atoms with Crippen molar-refractivity contribution in [2.45, 2.75) is 30.3 Å². The van der Waals surface area contributed by atoms with Gasteiger partial charge in [0, 0.05) is 10.5 Å². The normalized spacial score (nSPS) is 14.6. The van der Waals surface area contributed by atoms with Gasteiger partial charge in [0.1, 0.15) is 0 Å². The van der Waals surface area contributed by atoms with Gasteiger partial charge in [-0.25, -0.2) is 8.42 Å². The van der Waals surface area contributed by atoms with Crippen LogP contribution in [0.15, 0.2) is 62.3 Å². The lowest BCUT2D eigenvalue weighted by Crippen LogP contribution is -2.32. The molecule has 0 bridgehead atoms. The average Bonchev–Trinajstić information content (AvgIpc) is 3.38. The zero-order valence-electron chi connectivity index (χ0n) is 14.0. The first-order valence-corrected chi connectivity index (χ1v) is 10.9. The van der Waals surface area contributed by atoms with Crippen LogP contribution >= 0.6 is 27.5 Å². The standard InChI is InChI=1S/C18H15BrClN3O3S/c19-12-4-3-5-14(10-12)27(24,25)23(13-8-9-13)11-17-21-22-18(26-17)15-6-1-2-7-16(15)20/h1-7,10,13H,8-9,11H2. The third-order valence-electron chi connectivity index (χ3n) is 4.22. The van der Waals surface area contributed by atoms with Gasteiger partial charge < -0.3 is 4.42 Å². The summed E-state index contributed by atoms with van der Waals surface area (Å²) in [5, 5.41) is 8.53. The summed E-state index contributed by atoms with van der Waals surface area (Å²) in [6.45, 7) is 0.0248. The van der Waals surface area contributed by atoms with Crippen molar-refractivity contribution in [1.29, 1.82) is 0 Å². The molecule has 1 heterocycles. The van der Waals surface area contributed by atoms with E-state index in [0.29, 0.717) is 15.1 Å². The highest BCUT2D eigenvalue weighted by atomic mass is 79.9. The van der Waals surface area contributed by atoms with Crippen LogP contribution in [0.4, 0.5) is 0 Å². The number of sulfonamides is 1. The van der Waals surface area contributed by atoms with Gasteiger partial charge in [-0.2, -0.15) is 4.31 Å². The van der Waals surface area contributed by atoms with Gasteiger partial charge in [0.15, 0.2) is 0 Å². The molecule has 0 aliphatic heterocycles. The average molecular weight is 469 g/mol. The van der Waals surface area contributed by atoms with Crippen LogP contribution in [0.3, 0.4) is 0 Å². The maximum Gasteiger partial charge on any atom is 0.249 e. The van der Waals surface area contributed by atoms with Crippen LogP contribution in [-0.2, 0) is 16.6 Å². The van der Waals surface area contributed by atoms with Gasteiger partial charge in [0.25, 0.3) is 0 Å². The predicted octanol–water partition coefficient (Wildman–Crippen LogP) is 4.51. The smallest absolute Gasteiger partial charge is 0.249 e. The minimum atomic E-state index is -3.67. The lowest BCUT2D eigenvalue weighted by atomic mass is 10.2. The second-order valence-corrected chi connectivity index (χ2v) is 9.43. The molecule has 1 saturated carbocycles. The van der Waals surface area contributed by atoms with Crippen LogP contribution in [0.5, 0.6) is 0 Å². The minimum absolute atomic E-state index is 0.0248. The van der Waals surface area contributed by atoms with Gasteiger partial charge in [0.05, 0.1) is 22.0 Å². The summed E-state index contributed by atoms with van der Waals surface area (Å²) in [6, 6.07) is 13.7. The first kappa shape index (κ1) is 18.6. The molecule has 0 atom stereocenters. The molecule has 2 aromatic carbocycles. The fourth-order valence-electron chi connectivity index (χ4n) is 2.73. The lowest BCUT2D eigenvalue weighted by Gasteiger charge is -2.20. The van der Waals surface area contributed by atoms with Crippen LogP contribution in [0.25, 0.3) is 11.5 Å². The third-order valence-corrected chi connectivity index (χ3v) is 6.94. The zero-order chi connectivity index (χ0) is 19.0. The summed E-state index contributed by atoms with van der Waals surface area (Å²) in [7, 11) is -3.67. The van der Waals surface area contributed by atoms with Gasteiger partial charge in [-0.05, 0) is 43.2 Å². The van der Waals surface area contributed by atoms with Crippen molar-refractivity contribution in [2.75, 3.05) is 0 Å². The van der Waals surface area contributed by atoms with Crippen molar-refractivity contribution < 1.29 is 12.8 Å². The van der Waals surface area contributed by atoms with Gasteiger partial charge in [-0.3, -0.25) is 0 Å². The Bertz CT molecular complexity index is 1080. The molecule has 6 nitrogen and oxygen atoms in total. The first-order chi connectivity index (χ1) is 12.9. The van der Waals surface area contributed by atoms with Crippen molar-refractivity contribution in [3.63, 3.8) is 0 Å². The molecule has 0 amide bonds. The number of benzene rings is 2. The topological polar surface area (TPSA) is 76.3 Å². The van der Waals surface area contributed by atoms with Crippen LogP contribution in [0, 0.1) is 0 Å². The summed E-state index contributed by atoms with van der Waals surface area (Å²) in [6.07, 6.45) is 1.64. The lowest BCUT2D eigenvalue weighted by molar-refractivity contribution is 0.351. The summed E-state index contributed by atoms with van der Waals surface area (Å²) in [5.74, 6) is 0.501. The largest absolute Gasteiger partial charge is 0.419 e. The van der Waals surface area contributed by atoms with Crippen molar-refractivity contribution in [3.05, 3.63) is 63.9 Å². The van der Waals surface area contributed by atoms with Crippen LogP contribution in [0.1, 0.15) is 18.7 Å². The molecular weight excluding hydrogens is 454 g/mol. The SMILES string of the molecule is O=S(=O)(c1cccc(Br)c1)N(Cc1nnc(-c2ccccc2Cl)o1)C1CC1. The molecule has 1 aliphatic carbocycles. The second-order valence-electron chi connectivity index (χ2n) is 6.22. The maximum absolute atomic E-state index is 13.1. The highest BCUT2D eigenvalue weighted by Gasteiger charge is 2.39. The maximum atomic E-state index is 13.1. The van der Waals surface area contributed by atoms with Crippen molar-refractivity contribution in [2.24, 2.45) is 0 Å². The fraction of sp³-hybridized carbons (Fsp3) is 0.222. The molecule has 0 saturated heterocycles. The Labute approximate surface area is 170 Å². The molecule has 140 valence electrons. The highest BCUT2D eigenvalue weighted by Crippen LogP contribution is 2.34. The Hall–Kier alpha value is -1.74. The van der Waals surface area contributed by atoms with E-state index in [1.165, 1.54) is 4.31 Å². The summed E-state index contributed by atoms with van der Waals surface area (Å²) >= 11 is 9.49. The monoisotopic (exact) mass is 467 g/mol. The van der Waals surface area contributed by atoms with Crippen molar-refractivity contribution in [3.8, 4) is 11.5 Å². The predicted molar refractivity (Wildman–Crippen MR) is 105 cm³/mol. The molecule has 1 aromatic heterocycles. The van der Waals surface area contributed by atoms with Crippen molar-refractivity contribution in [1.82, 2.24) is 14.5 Å². The van der Waals surface area contributed by atoms with E-state index < -0.39 is 10.0 Å². The summed E-state index contributed by atoms with van der Waals surface area (Å²) in [5.41, 5.74) is 0.616. The Morgan fingerprint density at radius 1 is 1.15 bits per heavy atom. The number of hydrogen-bond donors (Lipinski definition) is 0. The quantitative estimate of drug-likeness (QED) is 0.532. The van der Waals surface area contributed by atoms with Gasteiger partial charge >= 0.3 is 0 Å². The molecule has 0 unspecified atom stereocenters. The van der Waals surface area contributed by atoms with Crippen LogP contribution in [0.2, 0.25) is 5.02 Å². The number of hydrogen-bond acceptors (Lipinski definition) is 5. The van der Waals surface area contributed by atoms with Crippen LogP contribution < -0.4 is 0 Å². The van der Waals surface area contributed by atoms with Gasteiger partial charge in [-0.15, -0.1) is 10.2 Å². The number of halogens is 2. The Kier molecular flexibility index (Phi) is 5.07.